The molecule has 7 nitrogen and oxygen atoms in total. The van der Waals surface area contributed by atoms with Gasteiger partial charge in [-0.3, -0.25) is 14.8 Å². The van der Waals surface area contributed by atoms with Crippen LogP contribution < -0.4 is 10.2 Å². The number of benzene rings is 2. The summed E-state index contributed by atoms with van der Waals surface area (Å²) in [5.74, 6) is 1.84. The molecule has 0 saturated heterocycles. The molecule has 1 amide bonds. The summed E-state index contributed by atoms with van der Waals surface area (Å²) in [5, 5.41) is 8.48. The molecule has 2 aliphatic rings. The smallest absolute Gasteiger partial charge is 0.257 e. The number of amides is 1. The van der Waals surface area contributed by atoms with Crippen LogP contribution >= 0.6 is 11.3 Å². The van der Waals surface area contributed by atoms with Gasteiger partial charge in [0.05, 0.1) is 22.1 Å². The second-order valence-corrected chi connectivity index (χ2v) is 13.3. The van der Waals surface area contributed by atoms with E-state index in [-0.39, 0.29) is 11.8 Å². The minimum atomic E-state index is -0.117. The number of nitrogens with one attached hydrogen (secondary N) is 1. The highest BCUT2D eigenvalue weighted by atomic mass is 32.1. The lowest BCUT2D eigenvalue weighted by Gasteiger charge is -2.31. The molecule has 1 fully saturated rings. The normalized spacial score (nSPS) is 15.4. The molecule has 1 N–H and O–H groups in total. The van der Waals surface area contributed by atoms with E-state index in [1.165, 1.54) is 59.4 Å². The molecule has 4 heterocycles. The predicted octanol–water partition coefficient (Wildman–Crippen LogP) is 7.99. The first-order chi connectivity index (χ1) is 20.9. The Morgan fingerprint density at radius 3 is 2.67 bits per heavy atom. The number of pyridine rings is 1. The van der Waals surface area contributed by atoms with Gasteiger partial charge in [-0.1, -0.05) is 62.3 Å². The van der Waals surface area contributed by atoms with Crippen molar-refractivity contribution in [3.63, 3.8) is 0 Å². The Balaban J connectivity index is 1.14. The number of anilines is 2. The van der Waals surface area contributed by atoms with Gasteiger partial charge in [0, 0.05) is 42.0 Å². The Morgan fingerprint density at radius 2 is 1.86 bits per heavy atom. The molecular formula is C35H38N6OS. The van der Waals surface area contributed by atoms with Gasteiger partial charge in [0.25, 0.3) is 5.91 Å². The molecule has 0 unspecified atom stereocenters. The number of rotatable bonds is 7. The summed E-state index contributed by atoms with van der Waals surface area (Å²) in [4.78, 5) is 25.7. The van der Waals surface area contributed by atoms with Gasteiger partial charge >= 0.3 is 0 Å². The molecule has 43 heavy (non-hydrogen) atoms. The second kappa shape index (κ2) is 11.6. The maximum Gasteiger partial charge on any atom is 0.257 e. The Kier molecular flexibility index (Phi) is 7.47. The molecule has 0 bridgehead atoms. The van der Waals surface area contributed by atoms with E-state index >= 15 is 0 Å². The quantitative estimate of drug-likeness (QED) is 0.208. The number of carbonyl (C=O) groups is 1. The summed E-state index contributed by atoms with van der Waals surface area (Å²) in [6.45, 7) is 9.13. The van der Waals surface area contributed by atoms with Crippen LogP contribution in [0.5, 0.6) is 0 Å². The van der Waals surface area contributed by atoms with E-state index in [9.17, 15) is 4.79 Å². The molecule has 7 rings (SSSR count). The molecule has 220 valence electrons. The van der Waals surface area contributed by atoms with E-state index in [2.05, 4.69) is 58.9 Å². The van der Waals surface area contributed by atoms with Gasteiger partial charge in [-0.2, -0.15) is 5.10 Å². The lowest BCUT2D eigenvalue weighted by Crippen LogP contribution is -2.33. The molecule has 1 aliphatic heterocycles. The summed E-state index contributed by atoms with van der Waals surface area (Å²) in [6, 6.07) is 18.4. The predicted molar refractivity (Wildman–Crippen MR) is 175 cm³/mol. The van der Waals surface area contributed by atoms with Crippen molar-refractivity contribution in [3.8, 4) is 11.1 Å². The monoisotopic (exact) mass is 590 g/mol. The molecule has 0 spiro atoms. The molecule has 3 aromatic heterocycles. The number of thiazole rings is 1. The van der Waals surface area contributed by atoms with Crippen molar-refractivity contribution in [2.75, 3.05) is 16.8 Å². The van der Waals surface area contributed by atoms with Crippen LogP contribution in [-0.2, 0) is 19.5 Å². The Labute approximate surface area is 257 Å². The van der Waals surface area contributed by atoms with Crippen molar-refractivity contribution < 1.29 is 4.79 Å². The van der Waals surface area contributed by atoms with Crippen LogP contribution in [0.4, 0.5) is 10.9 Å². The third-order valence-corrected chi connectivity index (χ3v) is 10.1. The van der Waals surface area contributed by atoms with E-state index < -0.39 is 0 Å². The van der Waals surface area contributed by atoms with Crippen molar-refractivity contribution in [2.45, 2.75) is 71.9 Å². The Bertz CT molecular complexity index is 1760. The molecule has 5 aromatic rings. The van der Waals surface area contributed by atoms with E-state index in [4.69, 9.17) is 10.1 Å². The van der Waals surface area contributed by atoms with Crippen molar-refractivity contribution >= 4 is 38.4 Å². The summed E-state index contributed by atoms with van der Waals surface area (Å²) in [7, 11) is 0. The Morgan fingerprint density at radius 1 is 1.02 bits per heavy atom. The number of aromatic nitrogens is 4. The van der Waals surface area contributed by atoms with Crippen LogP contribution in [0.25, 0.3) is 21.3 Å². The Hall–Kier alpha value is -4.04. The minimum Gasteiger partial charge on any atom is -0.352 e. The standard InChI is InChI=1S/C35H38N6OS/c1-22(2)33-26(28-19-36-41(23(28)3)20-24-9-4-5-10-24)15-16-32(38-33)40-18-17-25-11-8-12-27(29(25)21-40)34(42)39-35-37-30-13-6-7-14-31(30)43-35/h6-8,11-16,19,22,24H,4-5,9-10,17-18,20-21H2,1-3H3,(H,37,39,42). The van der Waals surface area contributed by atoms with Gasteiger partial charge in [0.15, 0.2) is 5.13 Å². The zero-order chi connectivity index (χ0) is 29.5. The molecular weight excluding hydrogens is 552 g/mol. The minimum absolute atomic E-state index is 0.117. The van der Waals surface area contributed by atoms with Gasteiger partial charge in [-0.05, 0) is 79.5 Å². The zero-order valence-corrected chi connectivity index (χ0v) is 26.0. The second-order valence-electron chi connectivity index (χ2n) is 12.3. The summed E-state index contributed by atoms with van der Waals surface area (Å²) >= 11 is 1.50. The highest BCUT2D eigenvalue weighted by Gasteiger charge is 2.25. The maximum atomic E-state index is 13.5. The average Bonchev–Trinajstić information content (AvgIpc) is 3.77. The number of hydrogen-bond donors (Lipinski definition) is 1. The van der Waals surface area contributed by atoms with Crippen LogP contribution in [0.15, 0.2) is 60.8 Å². The van der Waals surface area contributed by atoms with Crippen LogP contribution in [0.2, 0.25) is 0 Å². The van der Waals surface area contributed by atoms with Crippen molar-refractivity contribution in [1.29, 1.82) is 0 Å². The molecule has 8 heteroatoms. The maximum absolute atomic E-state index is 13.5. The van der Waals surface area contributed by atoms with Crippen molar-refractivity contribution in [3.05, 3.63) is 88.9 Å². The summed E-state index contributed by atoms with van der Waals surface area (Å²) < 4.78 is 3.26. The summed E-state index contributed by atoms with van der Waals surface area (Å²) in [5.41, 5.74) is 8.55. The van der Waals surface area contributed by atoms with E-state index in [1.54, 1.807) is 0 Å². The molecule has 2 aromatic carbocycles. The van der Waals surface area contributed by atoms with Gasteiger partial charge in [-0.25, -0.2) is 9.97 Å². The largest absolute Gasteiger partial charge is 0.352 e. The first-order valence-electron chi connectivity index (χ1n) is 15.5. The molecule has 0 atom stereocenters. The van der Waals surface area contributed by atoms with Crippen LogP contribution in [0.3, 0.4) is 0 Å². The molecule has 1 saturated carbocycles. The number of fused-ring (bicyclic) bond motifs is 2. The number of para-hydroxylation sites is 1. The fourth-order valence-corrected chi connectivity index (χ4v) is 7.58. The number of hydrogen-bond acceptors (Lipinski definition) is 6. The first-order valence-corrected chi connectivity index (χ1v) is 16.3. The topological polar surface area (TPSA) is 75.9 Å². The van der Waals surface area contributed by atoms with Gasteiger partial charge < -0.3 is 4.90 Å². The molecule has 0 radical (unpaired) electrons. The average molecular weight is 591 g/mol. The highest BCUT2D eigenvalue weighted by Crippen LogP contribution is 2.35. The van der Waals surface area contributed by atoms with Crippen molar-refractivity contribution in [1.82, 2.24) is 19.7 Å². The first kappa shape index (κ1) is 27.8. The fraction of sp³-hybridized carbons (Fsp3) is 0.371. The van der Waals surface area contributed by atoms with Gasteiger partial charge in [-0.15, -0.1) is 0 Å². The van der Waals surface area contributed by atoms with E-state index in [0.29, 0.717) is 17.2 Å². The third kappa shape index (κ3) is 5.44. The lowest BCUT2D eigenvalue weighted by atomic mass is 9.94. The third-order valence-electron chi connectivity index (χ3n) is 9.11. The van der Waals surface area contributed by atoms with Gasteiger partial charge in [0.2, 0.25) is 0 Å². The zero-order valence-electron chi connectivity index (χ0n) is 25.1. The van der Waals surface area contributed by atoms with Gasteiger partial charge in [0.1, 0.15) is 5.82 Å². The number of carbonyl (C=O) groups excluding carboxylic acids is 1. The van der Waals surface area contributed by atoms with Crippen LogP contribution in [0, 0.1) is 12.8 Å². The number of nitrogens with zero attached hydrogens (tertiary/aromatic N) is 5. The summed E-state index contributed by atoms with van der Waals surface area (Å²) in [6.07, 6.45) is 8.21. The van der Waals surface area contributed by atoms with Crippen molar-refractivity contribution in [2.24, 2.45) is 5.92 Å². The van der Waals surface area contributed by atoms with Crippen LogP contribution in [-0.4, -0.2) is 32.2 Å². The molecule has 1 aliphatic carbocycles. The SMILES string of the molecule is Cc1c(-c2ccc(N3CCc4cccc(C(=O)Nc5nc6ccccc6s5)c4C3)nc2C(C)C)cnn1CC1CCCC1. The van der Waals surface area contributed by atoms with E-state index in [0.717, 1.165) is 52.7 Å². The highest BCUT2D eigenvalue weighted by molar-refractivity contribution is 7.22. The lowest BCUT2D eigenvalue weighted by molar-refractivity contribution is 0.102. The van der Waals surface area contributed by atoms with Crippen LogP contribution in [0.1, 0.15) is 78.3 Å². The van der Waals surface area contributed by atoms with E-state index in [1.807, 2.05) is 42.6 Å². The fourth-order valence-electron chi connectivity index (χ4n) is 6.72.